The number of morpholine rings is 1. The Hall–Kier alpha value is -2.31. The van der Waals surface area contributed by atoms with E-state index in [4.69, 9.17) is 18.9 Å². The van der Waals surface area contributed by atoms with Gasteiger partial charge in [-0.2, -0.15) is 0 Å². The number of halogens is 1. The molecule has 1 aromatic heterocycles. The third-order valence-electron chi connectivity index (χ3n) is 5.45. The van der Waals surface area contributed by atoms with Crippen molar-refractivity contribution in [2.24, 2.45) is 4.99 Å². The summed E-state index contributed by atoms with van der Waals surface area (Å²) in [5.74, 6) is 2.74. The number of ether oxygens (including phenoxy) is 4. The molecule has 182 valence electrons. The minimum absolute atomic E-state index is 0. The molecular formula is C23H34IN5O4. The number of benzene rings is 1. The Balaban J connectivity index is 0.00000385. The Morgan fingerprint density at radius 3 is 2.52 bits per heavy atom. The Labute approximate surface area is 212 Å². The zero-order chi connectivity index (χ0) is 22.8. The summed E-state index contributed by atoms with van der Waals surface area (Å²) in [5, 5.41) is 6.80. The zero-order valence-electron chi connectivity index (χ0n) is 19.7. The maximum Gasteiger partial charge on any atom is 0.218 e. The second-order valence-corrected chi connectivity index (χ2v) is 7.26. The van der Waals surface area contributed by atoms with E-state index in [1.807, 2.05) is 24.3 Å². The van der Waals surface area contributed by atoms with E-state index >= 15 is 0 Å². The summed E-state index contributed by atoms with van der Waals surface area (Å²) < 4.78 is 21.8. The van der Waals surface area contributed by atoms with Crippen LogP contribution < -0.4 is 24.8 Å². The van der Waals surface area contributed by atoms with Crippen molar-refractivity contribution in [1.82, 2.24) is 20.5 Å². The minimum atomic E-state index is 0. The van der Waals surface area contributed by atoms with Gasteiger partial charge in [-0.25, -0.2) is 4.98 Å². The van der Waals surface area contributed by atoms with E-state index in [-0.39, 0.29) is 30.0 Å². The molecule has 1 aromatic carbocycles. The lowest BCUT2D eigenvalue weighted by molar-refractivity contribution is 0.0169. The largest absolute Gasteiger partial charge is 0.493 e. The fraction of sp³-hybridized carbons (Fsp3) is 0.478. The third-order valence-corrected chi connectivity index (χ3v) is 5.45. The molecule has 2 heterocycles. The lowest BCUT2D eigenvalue weighted by Crippen LogP contribution is -2.46. The van der Waals surface area contributed by atoms with E-state index in [0.717, 1.165) is 43.2 Å². The molecular weight excluding hydrogens is 537 g/mol. The molecule has 0 spiro atoms. The quantitative estimate of drug-likeness (QED) is 0.270. The van der Waals surface area contributed by atoms with Gasteiger partial charge in [-0.05, 0) is 23.8 Å². The molecule has 1 atom stereocenters. The zero-order valence-corrected chi connectivity index (χ0v) is 22.0. The van der Waals surface area contributed by atoms with E-state index in [1.165, 1.54) is 0 Å². The highest BCUT2D eigenvalue weighted by atomic mass is 127. The molecule has 0 aliphatic carbocycles. The van der Waals surface area contributed by atoms with Gasteiger partial charge in [-0.15, -0.1) is 24.0 Å². The van der Waals surface area contributed by atoms with Crippen LogP contribution >= 0.6 is 24.0 Å². The van der Waals surface area contributed by atoms with Gasteiger partial charge in [0.2, 0.25) is 5.88 Å². The predicted molar refractivity (Wildman–Crippen MR) is 139 cm³/mol. The highest BCUT2D eigenvalue weighted by molar-refractivity contribution is 14.0. The molecule has 1 unspecified atom stereocenters. The van der Waals surface area contributed by atoms with Gasteiger partial charge in [-0.3, -0.25) is 9.89 Å². The van der Waals surface area contributed by atoms with Crippen LogP contribution in [0.2, 0.25) is 0 Å². The second-order valence-electron chi connectivity index (χ2n) is 7.26. The van der Waals surface area contributed by atoms with Crippen LogP contribution in [-0.4, -0.2) is 77.1 Å². The number of nitrogens with one attached hydrogen (secondary N) is 2. The summed E-state index contributed by atoms with van der Waals surface area (Å²) in [7, 11) is 6.68. The summed E-state index contributed by atoms with van der Waals surface area (Å²) >= 11 is 0. The highest BCUT2D eigenvalue weighted by Gasteiger charge is 2.24. The molecule has 3 rings (SSSR count). The van der Waals surface area contributed by atoms with E-state index in [1.54, 1.807) is 34.6 Å². The van der Waals surface area contributed by atoms with Crippen molar-refractivity contribution >= 4 is 29.9 Å². The first kappa shape index (κ1) is 26.9. The van der Waals surface area contributed by atoms with Crippen molar-refractivity contribution in [3.63, 3.8) is 0 Å². The normalized spacial score (nSPS) is 15.2. The standard InChI is InChI=1S/C23H33N5O4.HI/c1-24-23(26-15-18-6-5-9-25-22(18)31-4)27-16-19(28-10-12-32-13-11-28)17-7-8-20(29-2)21(14-17)30-3;/h5-9,14,19H,10-13,15-16H2,1-4H3,(H2,24,26,27);1H. The summed E-state index contributed by atoms with van der Waals surface area (Å²) in [4.78, 5) is 11.0. The van der Waals surface area contributed by atoms with Crippen molar-refractivity contribution in [1.29, 1.82) is 0 Å². The average molecular weight is 571 g/mol. The van der Waals surface area contributed by atoms with Crippen molar-refractivity contribution in [3.8, 4) is 17.4 Å². The maximum atomic E-state index is 5.56. The SMILES string of the molecule is CN=C(NCc1cccnc1OC)NCC(c1ccc(OC)c(OC)c1)N1CCOCC1.I. The smallest absolute Gasteiger partial charge is 0.218 e. The molecule has 0 saturated carbocycles. The minimum Gasteiger partial charge on any atom is -0.493 e. The molecule has 0 radical (unpaired) electrons. The lowest BCUT2D eigenvalue weighted by atomic mass is 10.0. The summed E-state index contributed by atoms with van der Waals surface area (Å²) in [6.45, 7) is 4.38. The van der Waals surface area contributed by atoms with Gasteiger partial charge in [0.15, 0.2) is 17.5 Å². The van der Waals surface area contributed by atoms with Gasteiger partial charge in [0.05, 0.1) is 40.6 Å². The number of nitrogens with zero attached hydrogens (tertiary/aromatic N) is 3. The van der Waals surface area contributed by atoms with Crippen LogP contribution in [0.25, 0.3) is 0 Å². The first-order valence-electron chi connectivity index (χ1n) is 10.7. The Kier molecular flexibility index (Phi) is 11.5. The van der Waals surface area contributed by atoms with Crippen LogP contribution in [0.15, 0.2) is 41.5 Å². The van der Waals surface area contributed by atoms with Gasteiger partial charge >= 0.3 is 0 Å². The first-order valence-corrected chi connectivity index (χ1v) is 10.7. The molecule has 1 fully saturated rings. The molecule has 33 heavy (non-hydrogen) atoms. The number of aromatic nitrogens is 1. The van der Waals surface area contributed by atoms with E-state index < -0.39 is 0 Å². The maximum absolute atomic E-state index is 5.56. The van der Waals surface area contributed by atoms with Crippen molar-refractivity contribution in [2.45, 2.75) is 12.6 Å². The number of hydrogen-bond donors (Lipinski definition) is 2. The molecule has 0 amide bonds. The fourth-order valence-corrected chi connectivity index (χ4v) is 3.74. The van der Waals surface area contributed by atoms with Crippen LogP contribution in [-0.2, 0) is 11.3 Å². The van der Waals surface area contributed by atoms with Crippen molar-refractivity contribution < 1.29 is 18.9 Å². The average Bonchev–Trinajstić information content (AvgIpc) is 2.86. The fourth-order valence-electron chi connectivity index (χ4n) is 3.74. The van der Waals surface area contributed by atoms with E-state index in [0.29, 0.717) is 30.7 Å². The summed E-state index contributed by atoms with van der Waals surface area (Å²) in [5.41, 5.74) is 2.10. The van der Waals surface area contributed by atoms with Crippen LogP contribution in [0, 0.1) is 0 Å². The molecule has 1 aliphatic heterocycles. The van der Waals surface area contributed by atoms with Gasteiger partial charge in [-0.1, -0.05) is 12.1 Å². The van der Waals surface area contributed by atoms with Crippen molar-refractivity contribution in [2.75, 3.05) is 61.2 Å². The van der Waals surface area contributed by atoms with Gasteiger partial charge in [0, 0.05) is 45.0 Å². The van der Waals surface area contributed by atoms with Crippen molar-refractivity contribution in [3.05, 3.63) is 47.7 Å². The molecule has 1 aliphatic rings. The number of hydrogen-bond acceptors (Lipinski definition) is 7. The van der Waals surface area contributed by atoms with Crippen LogP contribution in [0.1, 0.15) is 17.2 Å². The van der Waals surface area contributed by atoms with Crippen LogP contribution in [0.3, 0.4) is 0 Å². The topological polar surface area (TPSA) is 89.5 Å². The van der Waals surface area contributed by atoms with Gasteiger partial charge < -0.3 is 29.6 Å². The molecule has 10 heteroatoms. The monoisotopic (exact) mass is 571 g/mol. The number of methoxy groups -OCH3 is 3. The number of pyridine rings is 1. The highest BCUT2D eigenvalue weighted by Crippen LogP contribution is 2.32. The van der Waals surface area contributed by atoms with E-state index in [9.17, 15) is 0 Å². The lowest BCUT2D eigenvalue weighted by Gasteiger charge is -2.35. The van der Waals surface area contributed by atoms with Crippen LogP contribution in [0.4, 0.5) is 0 Å². The van der Waals surface area contributed by atoms with Crippen LogP contribution in [0.5, 0.6) is 17.4 Å². The third kappa shape index (κ3) is 7.34. The number of rotatable bonds is 9. The number of guanidine groups is 1. The molecule has 9 nitrogen and oxygen atoms in total. The number of aliphatic imine (C=N–C) groups is 1. The summed E-state index contributed by atoms with van der Waals surface area (Å²) in [6.07, 6.45) is 1.71. The molecule has 2 aromatic rings. The summed E-state index contributed by atoms with van der Waals surface area (Å²) in [6, 6.07) is 10.1. The van der Waals surface area contributed by atoms with E-state index in [2.05, 4.69) is 31.6 Å². The molecule has 2 N–H and O–H groups in total. The van der Waals surface area contributed by atoms with Gasteiger partial charge in [0.1, 0.15) is 0 Å². The first-order chi connectivity index (χ1) is 15.7. The molecule has 0 bridgehead atoms. The predicted octanol–water partition coefficient (Wildman–Crippen LogP) is 2.46. The van der Waals surface area contributed by atoms with Gasteiger partial charge in [0.25, 0.3) is 0 Å². The Morgan fingerprint density at radius 1 is 1.09 bits per heavy atom. The second kappa shape index (κ2) is 14.1. The molecule has 1 saturated heterocycles. The Morgan fingerprint density at radius 2 is 1.85 bits per heavy atom. The Bertz CT molecular complexity index is 893.